The topological polar surface area (TPSA) is 125 Å². The standard InChI is InChI=1S/C21H19N5O4S2/c22-32(29,30)15-6-7-17-16(11-15)24-20(28)19(13-4-2-1-3-5-13)26(17)18(27)10-14-12-31-21-23-8-9-25(14)21/h1-7,11-12,19H,8-10H2,(H,24,28)(H2,22,29,30). The second-order valence-corrected chi connectivity index (χ2v) is 9.91. The Bertz CT molecular complexity index is 1290. The van der Waals surface area contributed by atoms with E-state index in [2.05, 4.69) is 10.3 Å². The van der Waals surface area contributed by atoms with Crippen molar-refractivity contribution in [2.75, 3.05) is 23.3 Å². The summed E-state index contributed by atoms with van der Waals surface area (Å²) in [5, 5.41) is 10.8. The molecular formula is C21H19N5O4S2. The number of primary sulfonamides is 1. The summed E-state index contributed by atoms with van der Waals surface area (Å²) >= 11 is 1.48. The lowest BCUT2D eigenvalue weighted by Crippen LogP contribution is -2.45. The van der Waals surface area contributed by atoms with Gasteiger partial charge in [-0.1, -0.05) is 42.1 Å². The summed E-state index contributed by atoms with van der Waals surface area (Å²) in [5.74, 6) is -0.708. The van der Waals surface area contributed by atoms with Crippen molar-refractivity contribution in [2.45, 2.75) is 17.4 Å². The van der Waals surface area contributed by atoms with E-state index in [0.29, 0.717) is 17.8 Å². The van der Waals surface area contributed by atoms with Crippen LogP contribution in [-0.2, 0) is 19.6 Å². The summed E-state index contributed by atoms with van der Waals surface area (Å²) in [6, 6.07) is 12.2. The van der Waals surface area contributed by atoms with Gasteiger partial charge in [0.2, 0.25) is 15.9 Å². The maximum absolute atomic E-state index is 13.6. The summed E-state index contributed by atoms with van der Waals surface area (Å²) in [6.45, 7) is 1.41. The molecule has 0 aliphatic carbocycles. The predicted molar refractivity (Wildman–Crippen MR) is 122 cm³/mol. The minimum Gasteiger partial charge on any atom is -0.322 e. The number of carbonyl (C=O) groups excluding carboxylic acids is 2. The van der Waals surface area contributed by atoms with E-state index in [-0.39, 0.29) is 22.9 Å². The molecule has 0 saturated carbocycles. The Labute approximate surface area is 189 Å². The monoisotopic (exact) mass is 469 g/mol. The molecule has 3 heterocycles. The lowest BCUT2D eigenvalue weighted by molar-refractivity contribution is -0.123. The van der Waals surface area contributed by atoms with E-state index in [1.54, 1.807) is 24.3 Å². The molecule has 0 aromatic heterocycles. The molecule has 2 amide bonds. The van der Waals surface area contributed by atoms with Crippen molar-refractivity contribution in [1.82, 2.24) is 4.90 Å². The van der Waals surface area contributed by atoms with Crippen LogP contribution in [0.1, 0.15) is 18.0 Å². The molecule has 2 aromatic carbocycles. The molecule has 3 N–H and O–H groups in total. The lowest BCUT2D eigenvalue weighted by Gasteiger charge is -2.37. The average Bonchev–Trinajstić information content (AvgIpc) is 3.37. The van der Waals surface area contributed by atoms with Gasteiger partial charge in [-0.2, -0.15) is 0 Å². The quantitative estimate of drug-likeness (QED) is 0.706. The van der Waals surface area contributed by atoms with Gasteiger partial charge in [0.1, 0.15) is 6.04 Å². The number of benzene rings is 2. The van der Waals surface area contributed by atoms with Gasteiger partial charge in [-0.25, -0.2) is 13.6 Å². The Hall–Kier alpha value is -3.15. The van der Waals surface area contributed by atoms with Crippen LogP contribution in [0.3, 0.4) is 0 Å². The summed E-state index contributed by atoms with van der Waals surface area (Å²) in [6.07, 6.45) is 0.0824. The van der Waals surface area contributed by atoms with Gasteiger partial charge in [-0.15, -0.1) is 0 Å². The van der Waals surface area contributed by atoms with Gasteiger partial charge in [-0.05, 0) is 29.2 Å². The van der Waals surface area contributed by atoms with Gasteiger partial charge in [0.15, 0.2) is 5.17 Å². The van der Waals surface area contributed by atoms with Gasteiger partial charge >= 0.3 is 0 Å². The third kappa shape index (κ3) is 3.57. The zero-order valence-corrected chi connectivity index (χ0v) is 18.4. The maximum atomic E-state index is 13.6. The van der Waals surface area contributed by atoms with E-state index in [4.69, 9.17) is 5.14 Å². The largest absolute Gasteiger partial charge is 0.322 e. The average molecular weight is 470 g/mol. The summed E-state index contributed by atoms with van der Waals surface area (Å²) in [5.41, 5.74) is 2.12. The van der Waals surface area contributed by atoms with E-state index in [0.717, 1.165) is 17.4 Å². The Morgan fingerprint density at radius 1 is 1.22 bits per heavy atom. The summed E-state index contributed by atoms with van der Waals surface area (Å²) < 4.78 is 23.6. The van der Waals surface area contributed by atoms with Crippen molar-refractivity contribution in [3.63, 3.8) is 0 Å². The molecule has 0 fully saturated rings. The second-order valence-electron chi connectivity index (χ2n) is 7.51. The van der Waals surface area contributed by atoms with E-state index in [1.165, 1.54) is 34.9 Å². The molecule has 11 heteroatoms. The maximum Gasteiger partial charge on any atom is 0.252 e. The van der Waals surface area contributed by atoms with Crippen molar-refractivity contribution >= 4 is 50.1 Å². The molecular weight excluding hydrogens is 450 g/mol. The lowest BCUT2D eigenvalue weighted by atomic mass is 9.99. The van der Waals surface area contributed by atoms with Crippen LogP contribution in [0.4, 0.5) is 11.4 Å². The highest BCUT2D eigenvalue weighted by atomic mass is 32.2. The van der Waals surface area contributed by atoms with Crippen LogP contribution >= 0.6 is 11.8 Å². The number of nitrogens with two attached hydrogens (primary N) is 1. The number of sulfonamides is 1. The van der Waals surface area contributed by atoms with Crippen LogP contribution in [0.5, 0.6) is 0 Å². The van der Waals surface area contributed by atoms with Crippen LogP contribution in [-0.4, -0.2) is 43.4 Å². The Balaban J connectivity index is 1.56. The zero-order chi connectivity index (χ0) is 22.5. The number of anilines is 2. The first-order valence-electron chi connectivity index (χ1n) is 9.85. The fourth-order valence-electron chi connectivity index (χ4n) is 4.03. The molecule has 0 radical (unpaired) electrons. The van der Waals surface area contributed by atoms with Crippen molar-refractivity contribution in [1.29, 1.82) is 0 Å². The van der Waals surface area contributed by atoms with E-state index in [1.807, 2.05) is 16.4 Å². The first kappa shape index (κ1) is 20.7. The van der Waals surface area contributed by atoms with Crippen LogP contribution in [0, 0.1) is 0 Å². The van der Waals surface area contributed by atoms with Crippen molar-refractivity contribution in [2.24, 2.45) is 10.1 Å². The van der Waals surface area contributed by atoms with Crippen LogP contribution in [0.25, 0.3) is 0 Å². The number of hydrogen-bond acceptors (Lipinski definition) is 7. The molecule has 9 nitrogen and oxygen atoms in total. The molecule has 3 aliphatic heterocycles. The number of carbonyl (C=O) groups is 2. The SMILES string of the molecule is NS(=O)(=O)c1ccc2c(c1)NC(=O)C(c1ccccc1)N2C(=O)CC1=CSC2=NCCN12. The molecule has 1 atom stereocenters. The number of amidine groups is 1. The normalized spacial score (nSPS) is 19.8. The highest BCUT2D eigenvalue weighted by Crippen LogP contribution is 2.41. The summed E-state index contributed by atoms with van der Waals surface area (Å²) in [4.78, 5) is 34.4. The number of amides is 2. The van der Waals surface area contributed by atoms with Gasteiger partial charge in [-0.3, -0.25) is 19.5 Å². The fraction of sp³-hybridized carbons (Fsp3) is 0.190. The van der Waals surface area contributed by atoms with Crippen molar-refractivity contribution in [3.8, 4) is 0 Å². The molecule has 0 saturated heterocycles. The van der Waals surface area contributed by atoms with Crippen LogP contribution < -0.4 is 15.4 Å². The summed E-state index contributed by atoms with van der Waals surface area (Å²) in [7, 11) is -3.97. The van der Waals surface area contributed by atoms with E-state index >= 15 is 0 Å². The molecule has 3 aliphatic rings. The van der Waals surface area contributed by atoms with E-state index < -0.39 is 22.0 Å². The van der Waals surface area contributed by atoms with Gasteiger partial charge in [0, 0.05) is 12.2 Å². The van der Waals surface area contributed by atoms with Crippen LogP contribution in [0.15, 0.2) is 69.5 Å². The predicted octanol–water partition coefficient (Wildman–Crippen LogP) is 2.01. The number of fused-ring (bicyclic) bond motifs is 2. The highest BCUT2D eigenvalue weighted by molar-refractivity contribution is 8.16. The first-order valence-corrected chi connectivity index (χ1v) is 12.3. The van der Waals surface area contributed by atoms with E-state index in [9.17, 15) is 18.0 Å². The number of rotatable bonds is 4. The third-order valence-electron chi connectivity index (χ3n) is 5.49. The number of hydrogen-bond donors (Lipinski definition) is 2. The zero-order valence-electron chi connectivity index (χ0n) is 16.8. The smallest absolute Gasteiger partial charge is 0.252 e. The fourth-order valence-corrected chi connectivity index (χ4v) is 5.52. The number of thioether (sulfide) groups is 1. The van der Waals surface area contributed by atoms with Gasteiger partial charge < -0.3 is 10.2 Å². The Morgan fingerprint density at radius 2 is 2.00 bits per heavy atom. The number of nitrogens with zero attached hydrogens (tertiary/aromatic N) is 3. The second kappa shape index (κ2) is 7.76. The Kier molecular flexibility index (Phi) is 5.03. The molecule has 0 spiro atoms. The van der Waals surface area contributed by atoms with Gasteiger partial charge in [0.25, 0.3) is 5.91 Å². The van der Waals surface area contributed by atoms with Gasteiger partial charge in [0.05, 0.1) is 29.2 Å². The number of aliphatic imine (C=N–C) groups is 1. The molecule has 2 aromatic rings. The molecule has 5 rings (SSSR count). The van der Waals surface area contributed by atoms with Crippen LogP contribution in [0.2, 0.25) is 0 Å². The Morgan fingerprint density at radius 3 is 2.75 bits per heavy atom. The molecule has 1 unspecified atom stereocenters. The first-order chi connectivity index (χ1) is 15.3. The third-order valence-corrected chi connectivity index (χ3v) is 7.35. The molecule has 32 heavy (non-hydrogen) atoms. The number of nitrogens with one attached hydrogen (secondary N) is 1. The minimum atomic E-state index is -3.97. The minimum absolute atomic E-state index is 0.0824. The highest BCUT2D eigenvalue weighted by Gasteiger charge is 2.39. The van der Waals surface area contributed by atoms with Crippen molar-refractivity contribution < 1.29 is 18.0 Å². The van der Waals surface area contributed by atoms with Crippen molar-refractivity contribution in [3.05, 3.63) is 65.2 Å². The molecule has 164 valence electrons. The molecule has 0 bridgehead atoms.